The van der Waals surface area contributed by atoms with Crippen molar-refractivity contribution in [2.75, 3.05) is 0 Å². The van der Waals surface area contributed by atoms with Crippen LogP contribution in [-0.4, -0.2) is 16.2 Å². The zero-order chi connectivity index (χ0) is 16.6. The molecule has 2 heterocycles. The molecule has 1 saturated heterocycles. The fraction of sp³-hybridized carbons (Fsp3) is 0. The molecular formula is C15H7ClNO4S2-. The summed E-state index contributed by atoms with van der Waals surface area (Å²) in [4.78, 5) is 23.1. The number of aromatic carboxylic acids is 1. The lowest BCUT2D eigenvalue weighted by Crippen LogP contribution is -2.22. The van der Waals surface area contributed by atoms with Crippen molar-refractivity contribution in [1.82, 2.24) is 5.32 Å². The van der Waals surface area contributed by atoms with Crippen LogP contribution >= 0.6 is 35.6 Å². The van der Waals surface area contributed by atoms with E-state index in [4.69, 9.17) is 28.2 Å². The van der Waals surface area contributed by atoms with Gasteiger partial charge in [0.05, 0.1) is 10.9 Å². The molecular weight excluding hydrogens is 358 g/mol. The molecule has 1 fully saturated rings. The first-order valence-electron chi connectivity index (χ1n) is 6.30. The number of rotatable bonds is 3. The predicted molar refractivity (Wildman–Crippen MR) is 89.8 cm³/mol. The molecule has 3 rings (SSSR count). The molecule has 1 aliphatic rings. The maximum atomic E-state index is 11.6. The molecule has 0 bridgehead atoms. The highest BCUT2D eigenvalue weighted by atomic mass is 35.5. The standard InChI is InChI=1S/C15H8ClNO4S2/c16-10-3-1-7(5-9(10)14(19)20)11-4-2-8(21-11)6-12-13(18)17-15(22)23-12/h1-6H,(H,19,20)(H,17,18,22)/p-1/b12-6+. The highest BCUT2D eigenvalue weighted by Gasteiger charge is 2.22. The van der Waals surface area contributed by atoms with E-state index < -0.39 is 5.97 Å². The summed E-state index contributed by atoms with van der Waals surface area (Å²) in [7, 11) is 0. The number of nitrogens with one attached hydrogen (secondary N) is 1. The molecule has 0 unspecified atom stereocenters. The van der Waals surface area contributed by atoms with Crippen LogP contribution in [0.2, 0.25) is 5.02 Å². The number of carbonyl (C=O) groups excluding carboxylic acids is 2. The van der Waals surface area contributed by atoms with Gasteiger partial charge >= 0.3 is 0 Å². The Balaban J connectivity index is 1.92. The number of hydrogen-bond acceptors (Lipinski definition) is 6. The van der Waals surface area contributed by atoms with Gasteiger partial charge in [0.15, 0.2) is 0 Å². The highest BCUT2D eigenvalue weighted by molar-refractivity contribution is 8.26. The summed E-state index contributed by atoms with van der Waals surface area (Å²) in [6.45, 7) is 0. The Morgan fingerprint density at radius 3 is 2.78 bits per heavy atom. The minimum Gasteiger partial charge on any atom is -0.545 e. The van der Waals surface area contributed by atoms with Crippen molar-refractivity contribution >= 4 is 57.9 Å². The van der Waals surface area contributed by atoms with Crippen molar-refractivity contribution in [3.63, 3.8) is 0 Å². The Hall–Kier alpha value is -2.09. The summed E-state index contributed by atoms with van der Waals surface area (Å²) in [5.41, 5.74) is 0.425. The minimum atomic E-state index is -1.36. The van der Waals surface area contributed by atoms with E-state index in [-0.39, 0.29) is 16.5 Å². The first-order valence-corrected chi connectivity index (χ1v) is 7.90. The Morgan fingerprint density at radius 2 is 2.13 bits per heavy atom. The molecule has 8 heteroatoms. The van der Waals surface area contributed by atoms with Crippen LogP contribution in [-0.2, 0) is 4.79 Å². The number of furan rings is 1. The molecule has 1 amide bonds. The molecule has 1 aromatic heterocycles. The molecule has 0 radical (unpaired) electrons. The van der Waals surface area contributed by atoms with Gasteiger partial charge in [-0.3, -0.25) is 4.79 Å². The van der Waals surface area contributed by atoms with E-state index in [2.05, 4.69) is 5.32 Å². The van der Waals surface area contributed by atoms with Gasteiger partial charge in [0.1, 0.15) is 15.8 Å². The molecule has 0 spiro atoms. The van der Waals surface area contributed by atoms with E-state index in [0.717, 1.165) is 11.8 Å². The molecule has 0 atom stereocenters. The van der Waals surface area contributed by atoms with Gasteiger partial charge in [0.2, 0.25) is 0 Å². The molecule has 5 nitrogen and oxygen atoms in total. The normalized spacial score (nSPS) is 16.0. The van der Waals surface area contributed by atoms with Gasteiger partial charge in [-0.25, -0.2) is 0 Å². The second-order valence-electron chi connectivity index (χ2n) is 4.54. The lowest BCUT2D eigenvalue weighted by Gasteiger charge is -2.06. The quantitative estimate of drug-likeness (QED) is 0.665. The average Bonchev–Trinajstić information content (AvgIpc) is 3.06. The lowest BCUT2D eigenvalue weighted by atomic mass is 10.1. The van der Waals surface area contributed by atoms with E-state index in [1.165, 1.54) is 12.1 Å². The molecule has 116 valence electrons. The van der Waals surface area contributed by atoms with Gasteiger partial charge in [-0.2, -0.15) is 0 Å². The second-order valence-corrected chi connectivity index (χ2v) is 6.66. The van der Waals surface area contributed by atoms with Crippen LogP contribution in [0.4, 0.5) is 0 Å². The first kappa shape index (κ1) is 15.8. The molecule has 0 saturated carbocycles. The maximum Gasteiger partial charge on any atom is 0.263 e. The Kier molecular flexibility index (Phi) is 4.25. The van der Waals surface area contributed by atoms with Crippen molar-refractivity contribution in [2.45, 2.75) is 0 Å². The van der Waals surface area contributed by atoms with Gasteiger partial charge in [-0.05, 0) is 30.3 Å². The van der Waals surface area contributed by atoms with Gasteiger partial charge in [0.25, 0.3) is 5.91 Å². The number of thioether (sulfide) groups is 1. The van der Waals surface area contributed by atoms with Crippen LogP contribution in [0.5, 0.6) is 0 Å². The monoisotopic (exact) mass is 364 g/mol. The molecule has 1 aliphatic heterocycles. The van der Waals surface area contributed by atoms with Gasteiger partial charge < -0.3 is 19.6 Å². The first-order chi connectivity index (χ1) is 10.9. The lowest BCUT2D eigenvalue weighted by molar-refractivity contribution is -0.255. The second kappa shape index (κ2) is 6.19. The van der Waals surface area contributed by atoms with Crippen LogP contribution in [0.1, 0.15) is 16.1 Å². The van der Waals surface area contributed by atoms with Crippen LogP contribution in [0.15, 0.2) is 39.7 Å². The number of hydrogen-bond donors (Lipinski definition) is 1. The third kappa shape index (κ3) is 3.31. The average molecular weight is 365 g/mol. The number of carboxylic acid groups (broad SMARTS) is 1. The number of benzene rings is 1. The number of amides is 1. The van der Waals surface area contributed by atoms with Crippen molar-refractivity contribution in [2.24, 2.45) is 0 Å². The van der Waals surface area contributed by atoms with Gasteiger partial charge in [0, 0.05) is 22.2 Å². The predicted octanol–water partition coefficient (Wildman–Crippen LogP) is 2.45. The van der Waals surface area contributed by atoms with Gasteiger partial charge in [-0.15, -0.1) is 0 Å². The Morgan fingerprint density at radius 1 is 1.35 bits per heavy atom. The summed E-state index contributed by atoms with van der Waals surface area (Å²) in [5, 5.41) is 13.6. The molecule has 0 aliphatic carbocycles. The van der Waals surface area contributed by atoms with Crippen LogP contribution in [0.25, 0.3) is 17.4 Å². The van der Waals surface area contributed by atoms with Crippen LogP contribution < -0.4 is 10.4 Å². The highest BCUT2D eigenvalue weighted by Crippen LogP contribution is 2.30. The Bertz CT molecular complexity index is 872. The molecule has 23 heavy (non-hydrogen) atoms. The van der Waals surface area contributed by atoms with E-state index in [9.17, 15) is 14.7 Å². The van der Waals surface area contributed by atoms with Crippen molar-refractivity contribution < 1.29 is 19.1 Å². The van der Waals surface area contributed by atoms with Crippen molar-refractivity contribution in [3.05, 3.63) is 51.6 Å². The molecule has 1 aromatic carbocycles. The fourth-order valence-electron chi connectivity index (χ4n) is 1.97. The van der Waals surface area contributed by atoms with E-state index in [1.807, 2.05) is 0 Å². The summed E-state index contributed by atoms with van der Waals surface area (Å²) >= 11 is 11.9. The number of carbonyl (C=O) groups is 2. The van der Waals surface area contributed by atoms with E-state index >= 15 is 0 Å². The van der Waals surface area contributed by atoms with Crippen LogP contribution in [0, 0.1) is 0 Å². The SMILES string of the molecule is O=C1NC(=S)S/C1=C/c1ccc(-c2ccc(Cl)c(C(=O)[O-])c2)o1. The summed E-state index contributed by atoms with van der Waals surface area (Å²) in [6.07, 6.45) is 1.57. The zero-order valence-corrected chi connectivity index (χ0v) is 13.7. The summed E-state index contributed by atoms with van der Waals surface area (Å²) < 4.78 is 6.01. The maximum absolute atomic E-state index is 11.6. The zero-order valence-electron chi connectivity index (χ0n) is 11.3. The van der Waals surface area contributed by atoms with Gasteiger partial charge in [-0.1, -0.05) is 35.6 Å². The molecule has 2 aromatic rings. The van der Waals surface area contributed by atoms with E-state index in [1.54, 1.807) is 24.3 Å². The number of thiocarbonyl (C=S) groups is 1. The third-order valence-corrected chi connectivity index (χ3v) is 4.51. The number of carboxylic acids is 1. The van der Waals surface area contributed by atoms with Crippen LogP contribution in [0.3, 0.4) is 0 Å². The summed E-state index contributed by atoms with van der Waals surface area (Å²) in [6, 6.07) is 7.81. The fourth-order valence-corrected chi connectivity index (χ4v) is 3.19. The Labute approximate surface area is 145 Å². The minimum absolute atomic E-state index is 0.0928. The van der Waals surface area contributed by atoms with Crippen molar-refractivity contribution in [1.29, 1.82) is 0 Å². The largest absolute Gasteiger partial charge is 0.545 e. The molecule has 1 N–H and O–H groups in total. The summed E-state index contributed by atoms with van der Waals surface area (Å²) in [5.74, 6) is -0.740. The topological polar surface area (TPSA) is 82.4 Å². The number of halogens is 1. The van der Waals surface area contributed by atoms with E-state index in [0.29, 0.717) is 26.3 Å². The third-order valence-electron chi connectivity index (χ3n) is 3.01. The smallest absolute Gasteiger partial charge is 0.263 e. The van der Waals surface area contributed by atoms with Crippen molar-refractivity contribution in [3.8, 4) is 11.3 Å².